The fourth-order valence-corrected chi connectivity index (χ4v) is 1.12. The van der Waals surface area contributed by atoms with Gasteiger partial charge in [0, 0.05) is 6.54 Å². The molecule has 0 amide bonds. The molecular weight excluding hydrogens is 234 g/mol. The first kappa shape index (κ1) is 12.6. The molecule has 0 fully saturated rings. The lowest BCUT2D eigenvalue weighted by molar-refractivity contribution is 0.868. The Hall–Kier alpha value is -2.44. The minimum absolute atomic E-state index is 0.261. The van der Waals surface area contributed by atoms with Gasteiger partial charge < -0.3 is 5.32 Å². The molecule has 5 nitrogen and oxygen atoms in total. The normalized spacial score (nSPS) is 8.35. The summed E-state index contributed by atoms with van der Waals surface area (Å²) in [5.41, 5.74) is 3.22. The van der Waals surface area contributed by atoms with E-state index in [-0.39, 0.29) is 10.8 Å². The average Bonchev–Trinajstić information content (AvgIpc) is 2.39. The number of nitrogens with zero attached hydrogens (tertiary/aromatic N) is 3. The topological polar surface area (TPSA) is 84.0 Å². The number of rotatable bonds is 3. The second kappa shape index (κ2) is 6.94. The van der Waals surface area contributed by atoms with E-state index in [9.17, 15) is 0 Å². The Bertz CT molecular complexity index is 479. The van der Waals surface area contributed by atoms with E-state index in [4.69, 9.17) is 22.7 Å². The van der Waals surface area contributed by atoms with Crippen LogP contribution in [0.4, 0.5) is 0 Å². The summed E-state index contributed by atoms with van der Waals surface area (Å²) in [6.45, 7) is 0.552. The molecule has 0 heterocycles. The minimum Gasteiger partial charge on any atom is -0.357 e. The first-order chi connectivity index (χ1) is 8.26. The van der Waals surface area contributed by atoms with Gasteiger partial charge in [0.05, 0.1) is 0 Å². The third-order valence-electron chi connectivity index (χ3n) is 1.78. The summed E-state index contributed by atoms with van der Waals surface area (Å²) >= 11 is 4.92. The molecule has 0 atom stereocenters. The van der Waals surface area contributed by atoms with Crippen molar-refractivity contribution in [3.63, 3.8) is 0 Å². The quantitative estimate of drug-likeness (QED) is 0.471. The number of hydrogen-bond acceptors (Lipinski definition) is 4. The molecule has 0 aromatic heterocycles. The summed E-state index contributed by atoms with van der Waals surface area (Å²) in [5, 5.41) is 23.6. The van der Waals surface area contributed by atoms with Crippen molar-refractivity contribution >= 4 is 23.0 Å². The molecule has 2 N–H and O–H groups in total. The van der Waals surface area contributed by atoms with Crippen LogP contribution in [0.25, 0.3) is 0 Å². The Kier molecular flexibility index (Phi) is 5.15. The van der Waals surface area contributed by atoms with E-state index in [1.54, 1.807) is 12.1 Å². The van der Waals surface area contributed by atoms with Gasteiger partial charge in [-0.15, -0.1) is 0 Å². The number of hydrazone groups is 1. The second-order valence-electron chi connectivity index (χ2n) is 2.96. The molecule has 0 radical (unpaired) electrons. The lowest BCUT2D eigenvalue weighted by atomic mass is 10.2. The molecule has 1 aromatic rings. The smallest absolute Gasteiger partial charge is 0.237 e. The molecule has 0 spiro atoms. The number of thiocarbonyl (C=S) groups is 1. The van der Waals surface area contributed by atoms with Crippen molar-refractivity contribution < 1.29 is 0 Å². The predicted molar refractivity (Wildman–Crippen MR) is 67.7 cm³/mol. The standard InChI is InChI=1S/C11H9N5S/c12-6-10(7-13)15-16-11(17)14-8-9-4-2-1-3-5-9/h1-5H,8H2,(H2,14,16,17). The highest BCUT2D eigenvalue weighted by Crippen LogP contribution is 1.96. The lowest BCUT2D eigenvalue weighted by Crippen LogP contribution is -2.32. The van der Waals surface area contributed by atoms with E-state index in [2.05, 4.69) is 15.8 Å². The van der Waals surface area contributed by atoms with Gasteiger partial charge in [-0.3, -0.25) is 5.43 Å². The maximum Gasteiger partial charge on any atom is 0.237 e. The predicted octanol–water partition coefficient (Wildman–Crippen LogP) is 1.05. The second-order valence-corrected chi connectivity index (χ2v) is 3.37. The van der Waals surface area contributed by atoms with Crippen LogP contribution >= 0.6 is 12.2 Å². The number of nitriles is 2. The molecule has 17 heavy (non-hydrogen) atoms. The van der Waals surface area contributed by atoms with Gasteiger partial charge in [0.1, 0.15) is 12.1 Å². The van der Waals surface area contributed by atoms with Crippen molar-refractivity contribution in [1.29, 1.82) is 10.5 Å². The van der Waals surface area contributed by atoms with Gasteiger partial charge in [0.15, 0.2) is 5.11 Å². The van der Waals surface area contributed by atoms with Gasteiger partial charge in [0.25, 0.3) is 0 Å². The first-order valence-corrected chi connectivity index (χ1v) is 5.12. The highest BCUT2D eigenvalue weighted by atomic mass is 32.1. The van der Waals surface area contributed by atoms with Crippen LogP contribution in [0.3, 0.4) is 0 Å². The Labute approximate surface area is 104 Å². The van der Waals surface area contributed by atoms with Crippen molar-refractivity contribution in [3.8, 4) is 12.1 Å². The van der Waals surface area contributed by atoms with Crippen molar-refractivity contribution in [3.05, 3.63) is 35.9 Å². The Morgan fingerprint density at radius 3 is 2.47 bits per heavy atom. The maximum atomic E-state index is 8.44. The fourth-order valence-electron chi connectivity index (χ4n) is 0.999. The van der Waals surface area contributed by atoms with Crippen molar-refractivity contribution in [2.45, 2.75) is 6.54 Å². The Balaban J connectivity index is 2.40. The lowest BCUT2D eigenvalue weighted by Gasteiger charge is -2.06. The summed E-state index contributed by atoms with van der Waals surface area (Å²) in [6, 6.07) is 12.9. The number of hydrogen-bond donors (Lipinski definition) is 2. The number of nitrogens with one attached hydrogen (secondary N) is 2. The molecule has 0 aliphatic rings. The summed E-state index contributed by atoms with van der Waals surface area (Å²) in [4.78, 5) is 0. The van der Waals surface area contributed by atoms with Crippen LogP contribution in [0.2, 0.25) is 0 Å². The summed E-state index contributed by atoms with van der Waals surface area (Å²) in [5.74, 6) is 0. The minimum atomic E-state index is -0.270. The van der Waals surface area contributed by atoms with E-state index < -0.39 is 0 Å². The Morgan fingerprint density at radius 1 is 1.24 bits per heavy atom. The average molecular weight is 243 g/mol. The van der Waals surface area contributed by atoms with Gasteiger partial charge in [-0.25, -0.2) is 0 Å². The molecule has 0 bridgehead atoms. The van der Waals surface area contributed by atoms with E-state index in [0.717, 1.165) is 5.56 Å². The summed E-state index contributed by atoms with van der Waals surface area (Å²) in [7, 11) is 0. The zero-order valence-corrected chi connectivity index (χ0v) is 9.66. The van der Waals surface area contributed by atoms with Crippen LogP contribution in [-0.2, 0) is 6.54 Å². The van der Waals surface area contributed by atoms with E-state index >= 15 is 0 Å². The van der Waals surface area contributed by atoms with Crippen LogP contribution in [-0.4, -0.2) is 10.8 Å². The van der Waals surface area contributed by atoms with Gasteiger partial charge in [-0.05, 0) is 17.8 Å². The SMILES string of the molecule is N#CC(C#N)=NNC(=S)NCc1ccccc1. The molecule has 84 valence electrons. The maximum absolute atomic E-state index is 8.44. The summed E-state index contributed by atoms with van der Waals surface area (Å²) < 4.78 is 0. The van der Waals surface area contributed by atoms with Crippen molar-refractivity contribution in [2.24, 2.45) is 5.10 Å². The zero-order chi connectivity index (χ0) is 12.5. The molecule has 6 heteroatoms. The zero-order valence-electron chi connectivity index (χ0n) is 8.84. The van der Waals surface area contributed by atoms with Crippen molar-refractivity contribution in [2.75, 3.05) is 0 Å². The molecule has 0 unspecified atom stereocenters. The van der Waals surface area contributed by atoms with E-state index in [1.165, 1.54) is 0 Å². The molecular formula is C11H9N5S. The van der Waals surface area contributed by atoms with Gasteiger partial charge in [-0.2, -0.15) is 15.6 Å². The summed E-state index contributed by atoms with van der Waals surface area (Å²) in [6.07, 6.45) is 0. The van der Waals surface area contributed by atoms with Crippen LogP contribution in [0.5, 0.6) is 0 Å². The molecule has 0 saturated carbocycles. The fraction of sp³-hybridized carbons (Fsp3) is 0.0909. The third-order valence-corrected chi connectivity index (χ3v) is 2.01. The van der Waals surface area contributed by atoms with Gasteiger partial charge >= 0.3 is 0 Å². The highest BCUT2D eigenvalue weighted by Gasteiger charge is 1.96. The van der Waals surface area contributed by atoms with Crippen LogP contribution in [0.15, 0.2) is 35.4 Å². The van der Waals surface area contributed by atoms with Crippen LogP contribution in [0, 0.1) is 22.7 Å². The first-order valence-electron chi connectivity index (χ1n) is 4.72. The monoisotopic (exact) mass is 243 g/mol. The van der Waals surface area contributed by atoms with Gasteiger partial charge in [0.2, 0.25) is 5.71 Å². The number of benzene rings is 1. The van der Waals surface area contributed by atoms with Crippen molar-refractivity contribution in [1.82, 2.24) is 10.7 Å². The highest BCUT2D eigenvalue weighted by molar-refractivity contribution is 7.80. The molecule has 1 rings (SSSR count). The Morgan fingerprint density at radius 2 is 1.88 bits per heavy atom. The van der Waals surface area contributed by atoms with E-state index in [1.807, 2.05) is 30.3 Å². The van der Waals surface area contributed by atoms with Gasteiger partial charge in [-0.1, -0.05) is 30.3 Å². The van der Waals surface area contributed by atoms with E-state index in [0.29, 0.717) is 6.54 Å². The molecule has 0 aliphatic carbocycles. The third kappa shape index (κ3) is 4.74. The largest absolute Gasteiger partial charge is 0.357 e. The molecule has 0 saturated heterocycles. The van der Waals surface area contributed by atoms with Crippen LogP contribution < -0.4 is 10.7 Å². The molecule has 1 aromatic carbocycles. The van der Waals surface area contributed by atoms with Crippen LogP contribution in [0.1, 0.15) is 5.56 Å². The molecule has 0 aliphatic heterocycles.